The Bertz CT molecular complexity index is 648. The molecule has 0 atom stereocenters. The molecule has 0 aliphatic heterocycles. The van der Waals surface area contributed by atoms with Gasteiger partial charge in [0.1, 0.15) is 5.69 Å². The number of nitrogens with zero attached hydrogens (tertiary/aromatic N) is 1. The van der Waals surface area contributed by atoms with Gasteiger partial charge in [-0.3, -0.25) is 4.98 Å². The van der Waals surface area contributed by atoms with Crippen LogP contribution in [0.3, 0.4) is 0 Å². The van der Waals surface area contributed by atoms with Gasteiger partial charge in [-0.15, -0.1) is 0 Å². The standard InChI is InChI=1S/C14H10F3NO2/c1-8-3-2-4-10(12(8)13(19)20)9-5-6-11(18-7-9)14(15,16)17/h2-7H,1H3,(H,19,20). The lowest BCUT2D eigenvalue weighted by molar-refractivity contribution is -0.141. The summed E-state index contributed by atoms with van der Waals surface area (Å²) in [5, 5.41) is 9.19. The maximum atomic E-state index is 12.4. The van der Waals surface area contributed by atoms with E-state index < -0.39 is 17.8 Å². The summed E-state index contributed by atoms with van der Waals surface area (Å²) in [5.74, 6) is -1.13. The zero-order valence-corrected chi connectivity index (χ0v) is 10.4. The molecule has 20 heavy (non-hydrogen) atoms. The number of rotatable bonds is 2. The second-order valence-corrected chi connectivity index (χ2v) is 4.23. The fraction of sp³-hybridized carbons (Fsp3) is 0.143. The van der Waals surface area contributed by atoms with Crippen molar-refractivity contribution in [1.29, 1.82) is 0 Å². The van der Waals surface area contributed by atoms with Crippen LogP contribution in [0.5, 0.6) is 0 Å². The molecule has 0 saturated carbocycles. The highest BCUT2D eigenvalue weighted by Gasteiger charge is 2.32. The monoisotopic (exact) mass is 281 g/mol. The van der Waals surface area contributed by atoms with E-state index in [0.717, 1.165) is 12.3 Å². The van der Waals surface area contributed by atoms with E-state index in [1.165, 1.54) is 6.07 Å². The minimum absolute atomic E-state index is 0.0639. The fourth-order valence-corrected chi connectivity index (χ4v) is 1.91. The third-order valence-corrected chi connectivity index (χ3v) is 2.85. The van der Waals surface area contributed by atoms with Crippen LogP contribution in [-0.2, 0) is 6.18 Å². The number of carboxylic acids is 1. The van der Waals surface area contributed by atoms with Gasteiger partial charge in [0.2, 0.25) is 0 Å². The van der Waals surface area contributed by atoms with Gasteiger partial charge in [0.15, 0.2) is 0 Å². The van der Waals surface area contributed by atoms with Crippen molar-refractivity contribution in [2.24, 2.45) is 0 Å². The molecular weight excluding hydrogens is 271 g/mol. The highest BCUT2D eigenvalue weighted by atomic mass is 19.4. The number of aryl methyl sites for hydroxylation is 1. The molecule has 0 saturated heterocycles. The number of pyridine rings is 1. The smallest absolute Gasteiger partial charge is 0.433 e. The molecule has 0 unspecified atom stereocenters. The third kappa shape index (κ3) is 2.64. The van der Waals surface area contributed by atoms with Crippen LogP contribution in [0.2, 0.25) is 0 Å². The van der Waals surface area contributed by atoms with E-state index in [2.05, 4.69) is 4.98 Å². The van der Waals surface area contributed by atoms with Crippen molar-refractivity contribution >= 4 is 5.97 Å². The van der Waals surface area contributed by atoms with Gasteiger partial charge in [0.25, 0.3) is 0 Å². The van der Waals surface area contributed by atoms with Gasteiger partial charge in [0, 0.05) is 11.8 Å². The van der Waals surface area contributed by atoms with Crippen molar-refractivity contribution in [1.82, 2.24) is 4.98 Å². The Kier molecular flexibility index (Phi) is 3.48. The van der Waals surface area contributed by atoms with E-state index in [0.29, 0.717) is 16.7 Å². The van der Waals surface area contributed by atoms with E-state index in [-0.39, 0.29) is 5.56 Å². The molecule has 1 heterocycles. The largest absolute Gasteiger partial charge is 0.478 e. The van der Waals surface area contributed by atoms with Gasteiger partial charge in [-0.1, -0.05) is 24.3 Å². The summed E-state index contributed by atoms with van der Waals surface area (Å²) in [6, 6.07) is 6.88. The average Bonchev–Trinajstić information content (AvgIpc) is 2.37. The summed E-state index contributed by atoms with van der Waals surface area (Å²) in [4.78, 5) is 14.6. The first-order valence-corrected chi connectivity index (χ1v) is 5.67. The number of carboxylic acid groups (broad SMARTS) is 1. The first kappa shape index (κ1) is 14.0. The Hall–Kier alpha value is -2.37. The van der Waals surface area contributed by atoms with Crippen LogP contribution >= 0.6 is 0 Å². The van der Waals surface area contributed by atoms with Gasteiger partial charge in [-0.05, 0) is 24.1 Å². The number of carbonyl (C=O) groups is 1. The number of hydrogen-bond donors (Lipinski definition) is 1. The highest BCUT2D eigenvalue weighted by molar-refractivity contribution is 5.97. The van der Waals surface area contributed by atoms with E-state index in [1.54, 1.807) is 25.1 Å². The summed E-state index contributed by atoms with van der Waals surface area (Å²) >= 11 is 0. The number of aromatic nitrogens is 1. The topological polar surface area (TPSA) is 50.2 Å². The molecule has 2 aromatic rings. The molecule has 0 aliphatic rings. The molecule has 0 spiro atoms. The van der Waals surface area contributed by atoms with Crippen LogP contribution in [0.4, 0.5) is 13.2 Å². The maximum Gasteiger partial charge on any atom is 0.433 e. The van der Waals surface area contributed by atoms with Gasteiger partial charge < -0.3 is 5.11 Å². The second kappa shape index (κ2) is 4.96. The lowest BCUT2D eigenvalue weighted by Gasteiger charge is -2.10. The Morgan fingerprint density at radius 1 is 1.20 bits per heavy atom. The van der Waals surface area contributed by atoms with Crippen LogP contribution in [0.15, 0.2) is 36.5 Å². The summed E-state index contributed by atoms with van der Waals surface area (Å²) in [7, 11) is 0. The summed E-state index contributed by atoms with van der Waals surface area (Å²) in [5.41, 5.74) is 0.271. The van der Waals surface area contributed by atoms with Gasteiger partial charge >= 0.3 is 12.1 Å². The first-order chi connectivity index (χ1) is 9.30. The van der Waals surface area contributed by atoms with Crippen LogP contribution in [-0.4, -0.2) is 16.1 Å². The predicted octanol–water partition coefficient (Wildman–Crippen LogP) is 3.77. The Balaban J connectivity index is 2.53. The molecule has 1 N–H and O–H groups in total. The molecule has 1 aromatic heterocycles. The van der Waals surface area contributed by atoms with Crippen LogP contribution in [0.25, 0.3) is 11.1 Å². The number of halogens is 3. The SMILES string of the molecule is Cc1cccc(-c2ccc(C(F)(F)F)nc2)c1C(=O)O. The molecule has 0 radical (unpaired) electrons. The molecule has 104 valence electrons. The molecule has 1 aromatic carbocycles. The number of benzene rings is 1. The Labute approximate surface area is 112 Å². The Morgan fingerprint density at radius 2 is 1.90 bits per heavy atom. The Morgan fingerprint density at radius 3 is 2.40 bits per heavy atom. The zero-order valence-electron chi connectivity index (χ0n) is 10.4. The molecule has 0 fully saturated rings. The lowest BCUT2D eigenvalue weighted by Crippen LogP contribution is -2.08. The van der Waals surface area contributed by atoms with E-state index in [1.807, 2.05) is 0 Å². The number of aromatic carboxylic acids is 1. The molecule has 3 nitrogen and oxygen atoms in total. The molecular formula is C14H10F3NO2. The molecule has 6 heteroatoms. The summed E-state index contributed by atoms with van der Waals surface area (Å²) < 4.78 is 37.3. The normalized spacial score (nSPS) is 11.4. The highest BCUT2D eigenvalue weighted by Crippen LogP contribution is 2.30. The van der Waals surface area contributed by atoms with E-state index >= 15 is 0 Å². The maximum absolute atomic E-state index is 12.4. The van der Waals surface area contributed by atoms with Gasteiger partial charge in [-0.2, -0.15) is 13.2 Å². The summed E-state index contributed by atoms with van der Waals surface area (Å²) in [6.07, 6.45) is -3.48. The van der Waals surface area contributed by atoms with E-state index in [9.17, 15) is 23.1 Å². The van der Waals surface area contributed by atoms with Crippen LogP contribution in [0.1, 0.15) is 21.6 Å². The molecule has 0 bridgehead atoms. The molecule has 2 rings (SSSR count). The van der Waals surface area contributed by atoms with E-state index in [4.69, 9.17) is 0 Å². The minimum Gasteiger partial charge on any atom is -0.478 e. The number of hydrogen-bond acceptors (Lipinski definition) is 2. The third-order valence-electron chi connectivity index (χ3n) is 2.85. The average molecular weight is 281 g/mol. The van der Waals surface area contributed by atoms with Crippen molar-refractivity contribution in [2.45, 2.75) is 13.1 Å². The predicted molar refractivity (Wildman–Crippen MR) is 66.4 cm³/mol. The molecule has 0 aliphatic carbocycles. The first-order valence-electron chi connectivity index (χ1n) is 5.67. The molecule has 0 amide bonds. The second-order valence-electron chi connectivity index (χ2n) is 4.23. The quantitative estimate of drug-likeness (QED) is 0.911. The van der Waals surface area contributed by atoms with Crippen LogP contribution in [0, 0.1) is 6.92 Å². The van der Waals surface area contributed by atoms with Crippen molar-refractivity contribution in [2.75, 3.05) is 0 Å². The lowest BCUT2D eigenvalue weighted by atomic mass is 9.97. The van der Waals surface area contributed by atoms with Crippen molar-refractivity contribution < 1.29 is 23.1 Å². The zero-order chi connectivity index (χ0) is 14.9. The minimum atomic E-state index is -4.51. The van der Waals surface area contributed by atoms with Gasteiger partial charge in [-0.25, -0.2) is 4.79 Å². The van der Waals surface area contributed by atoms with Gasteiger partial charge in [0.05, 0.1) is 5.56 Å². The van der Waals surface area contributed by atoms with Crippen molar-refractivity contribution in [3.63, 3.8) is 0 Å². The van der Waals surface area contributed by atoms with Crippen LogP contribution < -0.4 is 0 Å². The van der Waals surface area contributed by atoms with Crippen molar-refractivity contribution in [3.8, 4) is 11.1 Å². The van der Waals surface area contributed by atoms with Crippen molar-refractivity contribution in [3.05, 3.63) is 53.3 Å². The summed E-state index contributed by atoms with van der Waals surface area (Å²) in [6.45, 7) is 1.63. The fourth-order valence-electron chi connectivity index (χ4n) is 1.91. The number of alkyl halides is 3.